The molecule has 0 spiro atoms. The number of hydrogen-bond donors (Lipinski definition) is 1. The Bertz CT molecular complexity index is 2770. The average molecular weight is 826 g/mol. The van der Waals surface area contributed by atoms with Crippen LogP contribution in [0.1, 0.15) is 134 Å². The number of fused-ring (bicyclic) bond motifs is 5. The Morgan fingerprint density at radius 2 is 1.63 bits per heavy atom. The molecule has 4 heterocycles. The lowest BCUT2D eigenvalue weighted by Crippen LogP contribution is -2.45. The minimum Gasteiger partial charge on any atom is -0.351 e. The van der Waals surface area contributed by atoms with Crippen LogP contribution >= 0.6 is 0 Å². The molecule has 10 unspecified atom stereocenters. The van der Waals surface area contributed by atoms with Crippen molar-refractivity contribution in [2.75, 3.05) is 0 Å². The largest absolute Gasteiger partial charge is 0.351 e. The number of aromatic nitrogens is 1. The summed E-state index contributed by atoms with van der Waals surface area (Å²) < 4.78 is 2.52. The van der Waals surface area contributed by atoms with Gasteiger partial charge in [0.2, 0.25) is 0 Å². The lowest BCUT2D eigenvalue weighted by Gasteiger charge is -2.44. The fraction of sp³-hybridized carbons (Fsp3) is 0.393. The summed E-state index contributed by atoms with van der Waals surface area (Å²) in [5, 5.41) is 35.0. The number of benzene rings is 3. The van der Waals surface area contributed by atoms with Gasteiger partial charge >= 0.3 is 0 Å². The fourth-order valence-electron chi connectivity index (χ4n) is 13.0. The summed E-state index contributed by atoms with van der Waals surface area (Å²) in [6.45, 7) is 2.42. The van der Waals surface area contributed by atoms with Crippen LogP contribution in [0.15, 0.2) is 125 Å². The van der Waals surface area contributed by atoms with Gasteiger partial charge in [-0.3, -0.25) is 4.99 Å². The minimum atomic E-state index is -0.194. The predicted octanol–water partition coefficient (Wildman–Crippen LogP) is 12.2. The zero-order valence-corrected chi connectivity index (χ0v) is 36.2. The molecule has 10 atom stereocenters. The second kappa shape index (κ2) is 16.4. The summed E-state index contributed by atoms with van der Waals surface area (Å²) >= 11 is 0. The Morgan fingerprint density at radius 1 is 0.825 bits per heavy atom. The van der Waals surface area contributed by atoms with Gasteiger partial charge in [-0.05, 0) is 165 Å². The third-order valence-corrected chi connectivity index (χ3v) is 15.8. The molecular weight excluding hydrogens is 771 g/mol. The fourth-order valence-corrected chi connectivity index (χ4v) is 13.0. The Balaban J connectivity index is 1.04. The molecule has 3 aromatic carbocycles. The molecule has 3 aliphatic heterocycles. The van der Waals surface area contributed by atoms with E-state index in [2.05, 4.69) is 131 Å². The van der Waals surface area contributed by atoms with Crippen LogP contribution in [0.2, 0.25) is 0 Å². The monoisotopic (exact) mass is 825 g/mol. The first-order valence-electron chi connectivity index (χ1n) is 23.6. The lowest BCUT2D eigenvalue weighted by molar-refractivity contribution is 0.194. The number of nitrogens with one attached hydrogen (secondary N) is 1. The van der Waals surface area contributed by atoms with E-state index in [-0.39, 0.29) is 36.0 Å². The molecule has 0 saturated heterocycles. The highest BCUT2D eigenvalue weighted by atomic mass is 15.4. The van der Waals surface area contributed by atoms with Crippen molar-refractivity contribution < 1.29 is 0 Å². The third kappa shape index (κ3) is 6.78. The number of allylic oxidation sites excluding steroid dienone is 7. The van der Waals surface area contributed by atoms with Gasteiger partial charge in [0.05, 0.1) is 40.8 Å². The summed E-state index contributed by atoms with van der Waals surface area (Å²) in [5.74, 6) is 3.33. The molecule has 0 amide bonds. The lowest BCUT2D eigenvalue weighted by atomic mass is 9.65. The van der Waals surface area contributed by atoms with Crippen molar-refractivity contribution in [1.82, 2.24) is 14.8 Å². The summed E-state index contributed by atoms with van der Waals surface area (Å²) in [4.78, 5) is 7.94. The van der Waals surface area contributed by atoms with Gasteiger partial charge in [0, 0.05) is 40.7 Å². The van der Waals surface area contributed by atoms with Gasteiger partial charge < -0.3 is 14.8 Å². The van der Waals surface area contributed by atoms with Gasteiger partial charge in [0.15, 0.2) is 0 Å². The topological polar surface area (TPSA) is 104 Å². The van der Waals surface area contributed by atoms with E-state index in [9.17, 15) is 15.8 Å². The summed E-state index contributed by atoms with van der Waals surface area (Å²) in [6.07, 6.45) is 30.6. The molecule has 0 fully saturated rings. The normalized spacial score (nSPS) is 30.7. The third-order valence-electron chi connectivity index (χ3n) is 15.8. The van der Waals surface area contributed by atoms with Crippen molar-refractivity contribution in [3.63, 3.8) is 0 Å². The molecule has 0 radical (unpaired) electrons. The highest BCUT2D eigenvalue weighted by molar-refractivity contribution is 5.90. The van der Waals surface area contributed by atoms with Crippen molar-refractivity contribution in [3.8, 4) is 18.2 Å². The Morgan fingerprint density at radius 3 is 2.48 bits per heavy atom. The first kappa shape index (κ1) is 39.5. The molecular formula is C56H55N7. The van der Waals surface area contributed by atoms with Crippen molar-refractivity contribution in [2.45, 2.75) is 108 Å². The molecule has 11 rings (SSSR count). The maximum atomic E-state index is 10.1. The quantitative estimate of drug-likeness (QED) is 0.195. The van der Waals surface area contributed by atoms with Gasteiger partial charge in [0.1, 0.15) is 18.2 Å². The van der Waals surface area contributed by atoms with E-state index in [1.165, 1.54) is 53.0 Å². The summed E-state index contributed by atoms with van der Waals surface area (Å²) in [5.41, 5.74) is 12.1. The first-order chi connectivity index (χ1) is 31.0. The molecule has 7 heteroatoms. The predicted molar refractivity (Wildman–Crippen MR) is 250 cm³/mol. The van der Waals surface area contributed by atoms with E-state index in [0.717, 1.165) is 61.5 Å². The molecule has 4 aliphatic carbocycles. The number of aliphatic imine (C=N–C) groups is 1. The van der Waals surface area contributed by atoms with Crippen LogP contribution in [-0.4, -0.2) is 21.8 Å². The number of nitriles is 3. The van der Waals surface area contributed by atoms with Gasteiger partial charge in [0.25, 0.3) is 0 Å². The van der Waals surface area contributed by atoms with Crippen LogP contribution in [0.4, 0.5) is 0 Å². The second-order valence-electron chi connectivity index (χ2n) is 19.2. The van der Waals surface area contributed by atoms with Crippen molar-refractivity contribution >= 4 is 23.2 Å². The zero-order valence-electron chi connectivity index (χ0n) is 36.2. The van der Waals surface area contributed by atoms with E-state index in [4.69, 9.17) is 4.99 Å². The van der Waals surface area contributed by atoms with Gasteiger partial charge in [-0.25, -0.2) is 0 Å². The average Bonchev–Trinajstić information content (AvgIpc) is 3.86. The Labute approximate surface area is 372 Å². The van der Waals surface area contributed by atoms with Crippen LogP contribution in [0, 0.1) is 63.6 Å². The summed E-state index contributed by atoms with van der Waals surface area (Å²) in [7, 11) is 0. The highest BCUT2D eigenvalue weighted by Gasteiger charge is 2.46. The van der Waals surface area contributed by atoms with E-state index < -0.39 is 0 Å². The van der Waals surface area contributed by atoms with Crippen molar-refractivity contribution in [2.24, 2.45) is 34.6 Å². The van der Waals surface area contributed by atoms with Crippen LogP contribution in [-0.2, 0) is 6.42 Å². The molecule has 0 saturated carbocycles. The van der Waals surface area contributed by atoms with Gasteiger partial charge in [-0.2, -0.15) is 15.8 Å². The van der Waals surface area contributed by atoms with Crippen molar-refractivity contribution in [1.29, 1.82) is 15.8 Å². The number of rotatable bonds is 6. The molecule has 0 bridgehead atoms. The minimum absolute atomic E-state index is 0.0530. The summed E-state index contributed by atoms with van der Waals surface area (Å²) in [6, 6.07) is 31.0. The first-order valence-corrected chi connectivity index (χ1v) is 23.6. The van der Waals surface area contributed by atoms with Crippen LogP contribution in [0.5, 0.6) is 0 Å². The van der Waals surface area contributed by atoms with Gasteiger partial charge in [-0.15, -0.1) is 0 Å². The van der Waals surface area contributed by atoms with E-state index in [1.807, 2.05) is 24.3 Å². The molecule has 4 aromatic rings. The molecule has 7 nitrogen and oxygen atoms in total. The molecule has 63 heavy (non-hydrogen) atoms. The molecule has 314 valence electrons. The number of hydrogen-bond acceptors (Lipinski definition) is 6. The molecule has 7 aliphatic rings. The standard InChI is InChI=1S/C56H55N7/c1-35-10-8-16-42(39-23-19-36(32-57)20-24-39)55(35)46-15-5-4-13-44(46)43-12-3-2-11-41(43)40-30-53(61-54(31-40)63-50-18-7-6-14-45(50)47-17-9-27-60-56(47)63)62-51-25-21-37(33-58)28-48(51)49-29-38(34-59)22-26-52(49)62/h3-5,8,12-13,15-16,19-28,31,35,38,40-43,47,53,55-56,61H,2,6-7,9-11,14,17-18,29-30H2,1H3. The van der Waals surface area contributed by atoms with Gasteiger partial charge in [-0.1, -0.05) is 73.7 Å². The smallest absolute Gasteiger partial charge is 0.132 e. The van der Waals surface area contributed by atoms with Crippen LogP contribution in [0.3, 0.4) is 0 Å². The number of nitrogens with zero attached hydrogens (tertiary/aromatic N) is 6. The maximum Gasteiger partial charge on any atom is 0.132 e. The van der Waals surface area contributed by atoms with Crippen LogP contribution in [0.25, 0.3) is 17.0 Å². The van der Waals surface area contributed by atoms with E-state index in [1.54, 1.807) is 5.57 Å². The Hall–Kier alpha value is -6.36. The SMILES string of the molecule is CC1CC=CC(c2ccc(C#N)cc2)C1c1ccccc1C1C=CCCC1C1C=C(N2C3=C(CCCC3)C3CCC=NC32)NC(n2c3c(c4cc(C#N)ccc42)CC(C#N)C=C3)C1. The zero-order chi connectivity index (χ0) is 42.6. The second-order valence-corrected chi connectivity index (χ2v) is 19.2. The highest BCUT2D eigenvalue weighted by Crippen LogP contribution is 2.53. The maximum absolute atomic E-state index is 10.1. The Kier molecular flexibility index (Phi) is 10.3. The molecule has 1 N–H and O–H groups in total. The van der Waals surface area contributed by atoms with Crippen LogP contribution < -0.4 is 5.32 Å². The van der Waals surface area contributed by atoms with E-state index in [0.29, 0.717) is 41.2 Å². The van der Waals surface area contributed by atoms with Crippen molar-refractivity contribution in [3.05, 3.63) is 159 Å². The molecule has 1 aromatic heterocycles. The van der Waals surface area contributed by atoms with E-state index >= 15 is 0 Å².